The zero-order chi connectivity index (χ0) is 18.5. The number of rotatable bonds is 3. The fourth-order valence-corrected chi connectivity index (χ4v) is 6.37. The lowest BCUT2D eigenvalue weighted by atomic mass is 9.96. The maximum absolute atomic E-state index is 5.14. The van der Waals surface area contributed by atoms with E-state index in [1.807, 2.05) is 24.0 Å². The van der Waals surface area contributed by atoms with E-state index in [1.54, 1.807) is 0 Å². The van der Waals surface area contributed by atoms with Gasteiger partial charge in [0.05, 0.1) is 11.7 Å². The molecule has 2 fully saturated rings. The Morgan fingerprint density at radius 2 is 1.96 bits per heavy atom. The SMILES string of the molecule is Cc1cc([C@@H]2[C@H](c3ccccn3)N=C3S[C@H](C)CN32)c(C)n1C1CCCC1. The van der Waals surface area contributed by atoms with Gasteiger partial charge in [0.15, 0.2) is 5.17 Å². The lowest BCUT2D eigenvalue weighted by molar-refractivity contribution is 0.319. The summed E-state index contributed by atoms with van der Waals surface area (Å²) in [4.78, 5) is 12.3. The van der Waals surface area contributed by atoms with Crippen molar-refractivity contribution in [3.05, 3.63) is 53.1 Å². The molecule has 0 amide bonds. The van der Waals surface area contributed by atoms with Crippen LogP contribution in [0.1, 0.15) is 73.4 Å². The van der Waals surface area contributed by atoms with Crippen LogP contribution < -0.4 is 0 Å². The fraction of sp³-hybridized carbons (Fsp3) is 0.545. The largest absolute Gasteiger partial charge is 0.346 e. The van der Waals surface area contributed by atoms with Gasteiger partial charge in [-0.25, -0.2) is 0 Å². The first-order valence-corrected chi connectivity index (χ1v) is 11.1. The molecule has 4 nitrogen and oxygen atoms in total. The van der Waals surface area contributed by atoms with Crippen molar-refractivity contribution in [1.29, 1.82) is 0 Å². The summed E-state index contributed by atoms with van der Waals surface area (Å²) < 4.78 is 2.61. The Hall–Kier alpha value is -1.75. The van der Waals surface area contributed by atoms with Crippen LogP contribution in [0.5, 0.6) is 0 Å². The van der Waals surface area contributed by atoms with Crippen LogP contribution >= 0.6 is 11.8 Å². The Bertz CT molecular complexity index is 866. The first kappa shape index (κ1) is 17.4. The predicted octanol–water partition coefficient (Wildman–Crippen LogP) is 5.20. The molecule has 0 N–H and O–H groups in total. The number of pyridine rings is 1. The third kappa shape index (κ3) is 2.82. The monoisotopic (exact) mass is 380 g/mol. The van der Waals surface area contributed by atoms with E-state index in [0.29, 0.717) is 11.3 Å². The molecule has 0 bridgehead atoms. The molecular weight excluding hydrogens is 352 g/mol. The van der Waals surface area contributed by atoms with Crippen LogP contribution in [-0.2, 0) is 0 Å². The molecule has 5 rings (SSSR count). The number of fused-ring (bicyclic) bond motifs is 1. The van der Waals surface area contributed by atoms with Gasteiger partial charge in [0, 0.05) is 35.4 Å². The third-order valence-corrected chi connectivity index (χ3v) is 7.52. The molecule has 1 saturated carbocycles. The van der Waals surface area contributed by atoms with Crippen LogP contribution in [0.15, 0.2) is 35.5 Å². The van der Waals surface area contributed by atoms with Crippen molar-refractivity contribution in [1.82, 2.24) is 14.5 Å². The predicted molar refractivity (Wildman–Crippen MR) is 112 cm³/mol. The number of hydrogen-bond acceptors (Lipinski definition) is 4. The van der Waals surface area contributed by atoms with Crippen LogP contribution in [0.3, 0.4) is 0 Å². The maximum atomic E-state index is 5.14. The number of aromatic nitrogens is 2. The van der Waals surface area contributed by atoms with Crippen molar-refractivity contribution in [2.75, 3.05) is 6.54 Å². The Balaban J connectivity index is 1.58. The highest BCUT2D eigenvalue weighted by Crippen LogP contribution is 2.49. The Labute approximate surface area is 166 Å². The van der Waals surface area contributed by atoms with Gasteiger partial charge >= 0.3 is 0 Å². The van der Waals surface area contributed by atoms with E-state index in [9.17, 15) is 0 Å². The van der Waals surface area contributed by atoms with Crippen LogP contribution in [0.25, 0.3) is 0 Å². The molecule has 5 heteroatoms. The molecule has 27 heavy (non-hydrogen) atoms. The number of nitrogens with zero attached hydrogens (tertiary/aromatic N) is 4. The number of thioether (sulfide) groups is 1. The summed E-state index contributed by atoms with van der Waals surface area (Å²) in [5.74, 6) is 0. The summed E-state index contributed by atoms with van der Waals surface area (Å²) in [6.45, 7) is 7.98. The maximum Gasteiger partial charge on any atom is 0.160 e. The summed E-state index contributed by atoms with van der Waals surface area (Å²) in [6.07, 6.45) is 7.27. The van der Waals surface area contributed by atoms with E-state index in [2.05, 4.69) is 53.4 Å². The molecule has 0 radical (unpaired) electrons. The van der Waals surface area contributed by atoms with Gasteiger partial charge in [-0.1, -0.05) is 37.6 Å². The van der Waals surface area contributed by atoms with E-state index in [0.717, 1.165) is 12.2 Å². The summed E-state index contributed by atoms with van der Waals surface area (Å²) >= 11 is 1.92. The molecule has 2 aromatic heterocycles. The minimum atomic E-state index is 0.0960. The van der Waals surface area contributed by atoms with Gasteiger partial charge in [0.2, 0.25) is 0 Å². The number of hydrogen-bond donors (Lipinski definition) is 0. The van der Waals surface area contributed by atoms with E-state index in [4.69, 9.17) is 4.99 Å². The number of aliphatic imine (C=N–C) groups is 1. The molecular formula is C22H28N4S. The number of amidine groups is 1. The van der Waals surface area contributed by atoms with Gasteiger partial charge in [0.1, 0.15) is 6.04 Å². The first-order chi connectivity index (χ1) is 13.1. The minimum absolute atomic E-state index is 0.0960. The molecule has 1 aliphatic carbocycles. The van der Waals surface area contributed by atoms with Crippen molar-refractivity contribution in [3.63, 3.8) is 0 Å². The summed E-state index contributed by atoms with van der Waals surface area (Å²) in [7, 11) is 0. The minimum Gasteiger partial charge on any atom is -0.346 e. The van der Waals surface area contributed by atoms with Gasteiger partial charge in [-0.15, -0.1) is 0 Å². The fourth-order valence-electron chi connectivity index (χ4n) is 5.28. The number of aryl methyl sites for hydroxylation is 1. The molecule has 2 aromatic rings. The van der Waals surface area contributed by atoms with Crippen molar-refractivity contribution in [2.24, 2.45) is 4.99 Å². The average Bonchev–Trinajstić information content (AvgIpc) is 3.40. The summed E-state index contributed by atoms with van der Waals surface area (Å²) in [5, 5.41) is 1.81. The Morgan fingerprint density at radius 3 is 2.70 bits per heavy atom. The Kier molecular flexibility index (Phi) is 4.30. The zero-order valence-electron chi connectivity index (χ0n) is 16.4. The molecule has 3 atom stereocenters. The third-order valence-electron chi connectivity index (χ3n) is 6.41. The molecule has 0 aromatic carbocycles. The molecule has 2 aliphatic heterocycles. The Morgan fingerprint density at radius 1 is 1.15 bits per heavy atom. The van der Waals surface area contributed by atoms with E-state index >= 15 is 0 Å². The van der Waals surface area contributed by atoms with Crippen molar-refractivity contribution in [3.8, 4) is 0 Å². The molecule has 0 spiro atoms. The normalized spacial score (nSPS) is 28.0. The standard InChI is InChI=1S/C22H28N4S/c1-14-12-18(16(3)26(14)17-8-4-5-9-17)21-20(19-10-6-7-11-23-19)24-22-25(21)13-15(2)27-22/h6-7,10-12,15,17,20-21H,4-5,8-9,13H2,1-3H3/t15-,20+,21-/m1/s1. The molecule has 4 heterocycles. The van der Waals surface area contributed by atoms with Crippen LogP contribution in [0, 0.1) is 13.8 Å². The quantitative estimate of drug-likeness (QED) is 0.733. The van der Waals surface area contributed by atoms with E-state index in [-0.39, 0.29) is 12.1 Å². The molecule has 1 saturated heterocycles. The van der Waals surface area contributed by atoms with E-state index < -0.39 is 0 Å². The van der Waals surface area contributed by atoms with Crippen LogP contribution in [-0.4, -0.2) is 31.4 Å². The van der Waals surface area contributed by atoms with Crippen LogP contribution in [0.4, 0.5) is 0 Å². The molecule has 0 unspecified atom stereocenters. The van der Waals surface area contributed by atoms with Gasteiger partial charge in [-0.3, -0.25) is 9.98 Å². The van der Waals surface area contributed by atoms with Crippen molar-refractivity contribution >= 4 is 16.9 Å². The highest BCUT2D eigenvalue weighted by molar-refractivity contribution is 8.14. The van der Waals surface area contributed by atoms with Crippen LogP contribution in [0.2, 0.25) is 0 Å². The second-order valence-electron chi connectivity index (χ2n) is 8.27. The highest BCUT2D eigenvalue weighted by atomic mass is 32.2. The average molecular weight is 381 g/mol. The van der Waals surface area contributed by atoms with Gasteiger partial charge < -0.3 is 9.47 Å². The van der Waals surface area contributed by atoms with Gasteiger partial charge in [0.25, 0.3) is 0 Å². The molecule has 142 valence electrons. The van der Waals surface area contributed by atoms with Crippen molar-refractivity contribution < 1.29 is 0 Å². The van der Waals surface area contributed by atoms with Crippen molar-refractivity contribution in [2.45, 2.75) is 69.8 Å². The first-order valence-electron chi connectivity index (χ1n) is 10.2. The second-order valence-corrected chi connectivity index (χ2v) is 9.68. The smallest absolute Gasteiger partial charge is 0.160 e. The van der Waals surface area contributed by atoms with E-state index in [1.165, 1.54) is 47.8 Å². The van der Waals surface area contributed by atoms with Gasteiger partial charge in [-0.05, 0) is 50.5 Å². The van der Waals surface area contributed by atoms with Gasteiger partial charge in [-0.2, -0.15) is 0 Å². The summed E-state index contributed by atoms with van der Waals surface area (Å²) in [6, 6.07) is 9.69. The zero-order valence-corrected chi connectivity index (χ0v) is 17.2. The second kappa shape index (κ2) is 6.69. The highest BCUT2D eigenvalue weighted by Gasteiger charge is 2.44. The summed E-state index contributed by atoms with van der Waals surface area (Å²) in [5.41, 5.74) is 5.38. The molecule has 3 aliphatic rings. The topological polar surface area (TPSA) is 33.4 Å². The lowest BCUT2D eigenvalue weighted by Gasteiger charge is -2.28. The lowest BCUT2D eigenvalue weighted by Crippen LogP contribution is -2.29.